The van der Waals surface area contributed by atoms with Gasteiger partial charge in [-0.2, -0.15) is 0 Å². The van der Waals surface area contributed by atoms with E-state index in [9.17, 15) is 0 Å². The maximum Gasteiger partial charge on any atom is 0.00752 e. The lowest BCUT2D eigenvalue weighted by Gasteiger charge is -2.28. The Morgan fingerprint density at radius 3 is 2.05 bits per heavy atom. The zero-order valence-electron chi connectivity index (χ0n) is 14.6. The van der Waals surface area contributed by atoms with Crippen molar-refractivity contribution in [3.05, 3.63) is 24.6 Å². The first-order chi connectivity index (χ1) is 9.26. The average molecular weight is 280 g/mol. The summed E-state index contributed by atoms with van der Waals surface area (Å²) >= 11 is 0. The third-order valence-corrected chi connectivity index (χ3v) is 4.04. The van der Waals surface area contributed by atoms with Gasteiger partial charge in [-0.1, -0.05) is 73.0 Å². The molecular weight excluding hydrogens is 242 g/mol. The van der Waals surface area contributed by atoms with E-state index >= 15 is 0 Å². The van der Waals surface area contributed by atoms with E-state index in [1.807, 2.05) is 6.92 Å². The molecule has 0 heterocycles. The van der Waals surface area contributed by atoms with E-state index in [-0.39, 0.29) is 0 Å². The molecule has 0 spiro atoms. The zero-order chi connectivity index (χ0) is 15.6. The van der Waals surface area contributed by atoms with Crippen molar-refractivity contribution in [2.24, 2.45) is 11.3 Å². The standard InChI is InChI=1S/C11H22.C8H15N/c1-10-6-4-8-11(2,3)9-5-7-10;1-5-6-8(4)9-7(2)3/h10H,4-9H2,1-3H3;9H,2,4-6H2,1,3H3. The summed E-state index contributed by atoms with van der Waals surface area (Å²) in [6.07, 6.45) is 10.9. The van der Waals surface area contributed by atoms with E-state index in [0.717, 1.165) is 30.2 Å². The predicted octanol–water partition coefficient (Wildman–Crippen LogP) is 6.43. The van der Waals surface area contributed by atoms with Gasteiger partial charge in [0.1, 0.15) is 0 Å². The molecule has 0 aliphatic heterocycles. The molecule has 0 aromatic carbocycles. The first-order valence-electron chi connectivity index (χ1n) is 8.37. The van der Waals surface area contributed by atoms with E-state index < -0.39 is 0 Å². The van der Waals surface area contributed by atoms with Crippen molar-refractivity contribution >= 4 is 0 Å². The van der Waals surface area contributed by atoms with Gasteiger partial charge >= 0.3 is 0 Å². The van der Waals surface area contributed by atoms with Crippen molar-refractivity contribution in [2.45, 2.75) is 86.0 Å². The molecule has 0 atom stereocenters. The molecule has 0 aromatic heterocycles. The summed E-state index contributed by atoms with van der Waals surface area (Å²) in [5.41, 5.74) is 2.67. The van der Waals surface area contributed by atoms with Crippen LogP contribution in [-0.4, -0.2) is 0 Å². The molecule has 0 aromatic rings. The molecule has 1 heteroatoms. The van der Waals surface area contributed by atoms with Crippen LogP contribution in [0.25, 0.3) is 0 Å². The molecular formula is C19H37N. The number of rotatable bonds is 4. The smallest absolute Gasteiger partial charge is 0.00752 e. The highest BCUT2D eigenvalue weighted by Crippen LogP contribution is 2.34. The van der Waals surface area contributed by atoms with Gasteiger partial charge in [-0.15, -0.1) is 0 Å². The number of nitrogens with one attached hydrogen (secondary N) is 1. The van der Waals surface area contributed by atoms with Crippen LogP contribution in [0.3, 0.4) is 0 Å². The van der Waals surface area contributed by atoms with Gasteiger partial charge in [0.2, 0.25) is 0 Å². The Bertz CT molecular complexity index is 276. The Hall–Kier alpha value is -0.720. The molecule has 1 rings (SSSR count). The van der Waals surface area contributed by atoms with Crippen LogP contribution < -0.4 is 5.32 Å². The van der Waals surface area contributed by atoms with Gasteiger partial charge in [-0.25, -0.2) is 0 Å². The monoisotopic (exact) mass is 279 g/mol. The minimum Gasteiger partial charge on any atom is -0.364 e. The van der Waals surface area contributed by atoms with Gasteiger partial charge in [-0.05, 0) is 37.5 Å². The summed E-state index contributed by atoms with van der Waals surface area (Å²) < 4.78 is 0. The molecule has 0 saturated heterocycles. The highest BCUT2D eigenvalue weighted by Gasteiger charge is 2.20. The molecule has 1 N–H and O–H groups in total. The number of hydrogen-bond donors (Lipinski definition) is 1. The largest absolute Gasteiger partial charge is 0.364 e. The summed E-state index contributed by atoms with van der Waals surface area (Å²) in [6, 6.07) is 0. The van der Waals surface area contributed by atoms with Crippen molar-refractivity contribution < 1.29 is 0 Å². The second-order valence-corrected chi connectivity index (χ2v) is 7.31. The molecule has 1 aliphatic rings. The molecule has 1 fully saturated rings. The zero-order valence-corrected chi connectivity index (χ0v) is 14.6. The fourth-order valence-electron chi connectivity index (χ4n) is 2.79. The molecule has 1 saturated carbocycles. The lowest BCUT2D eigenvalue weighted by atomic mass is 9.78. The van der Waals surface area contributed by atoms with E-state index in [0.29, 0.717) is 5.41 Å². The van der Waals surface area contributed by atoms with Crippen molar-refractivity contribution in [1.29, 1.82) is 0 Å². The van der Waals surface area contributed by atoms with Crippen LogP contribution in [0.2, 0.25) is 0 Å². The van der Waals surface area contributed by atoms with Crippen LogP contribution in [0.15, 0.2) is 24.6 Å². The molecule has 0 unspecified atom stereocenters. The number of hydrogen-bond acceptors (Lipinski definition) is 1. The van der Waals surface area contributed by atoms with Gasteiger partial charge in [0.05, 0.1) is 0 Å². The Morgan fingerprint density at radius 2 is 1.65 bits per heavy atom. The van der Waals surface area contributed by atoms with Gasteiger partial charge in [0.25, 0.3) is 0 Å². The highest BCUT2D eigenvalue weighted by atomic mass is 14.9. The molecule has 1 nitrogen and oxygen atoms in total. The second-order valence-electron chi connectivity index (χ2n) is 7.31. The topological polar surface area (TPSA) is 12.0 Å². The van der Waals surface area contributed by atoms with Crippen molar-refractivity contribution in [2.75, 3.05) is 0 Å². The fraction of sp³-hybridized carbons (Fsp3) is 0.789. The highest BCUT2D eigenvalue weighted by molar-refractivity contribution is 5.01. The summed E-state index contributed by atoms with van der Waals surface area (Å²) in [7, 11) is 0. The fourth-order valence-corrected chi connectivity index (χ4v) is 2.79. The number of allylic oxidation sites excluding steroid dienone is 2. The maximum atomic E-state index is 3.81. The average Bonchev–Trinajstić information content (AvgIpc) is 2.26. The maximum absolute atomic E-state index is 3.81. The van der Waals surface area contributed by atoms with Crippen molar-refractivity contribution in [3.8, 4) is 0 Å². The second kappa shape index (κ2) is 10.1. The lowest BCUT2D eigenvalue weighted by Crippen LogP contribution is -2.14. The van der Waals surface area contributed by atoms with Gasteiger partial charge in [0.15, 0.2) is 0 Å². The van der Waals surface area contributed by atoms with Crippen LogP contribution in [-0.2, 0) is 0 Å². The van der Waals surface area contributed by atoms with E-state index in [1.165, 1.54) is 38.5 Å². The summed E-state index contributed by atoms with van der Waals surface area (Å²) in [5, 5.41) is 3.05. The normalized spacial score (nSPS) is 19.1. The van der Waals surface area contributed by atoms with Crippen LogP contribution in [0.4, 0.5) is 0 Å². The summed E-state index contributed by atoms with van der Waals surface area (Å²) in [5.74, 6) is 0.992. The minimum absolute atomic E-state index is 0.639. The molecule has 0 bridgehead atoms. The Kier molecular flexibility index (Phi) is 9.71. The van der Waals surface area contributed by atoms with Crippen molar-refractivity contribution in [3.63, 3.8) is 0 Å². The van der Waals surface area contributed by atoms with E-state index in [2.05, 4.69) is 46.2 Å². The molecule has 1 aliphatic carbocycles. The molecule has 118 valence electrons. The third-order valence-electron chi connectivity index (χ3n) is 4.04. The van der Waals surface area contributed by atoms with Gasteiger partial charge in [0, 0.05) is 11.4 Å². The third kappa shape index (κ3) is 11.1. The first-order valence-corrected chi connectivity index (χ1v) is 8.37. The van der Waals surface area contributed by atoms with Crippen LogP contribution in [0.5, 0.6) is 0 Å². The van der Waals surface area contributed by atoms with Crippen LogP contribution in [0.1, 0.15) is 86.0 Å². The van der Waals surface area contributed by atoms with Crippen molar-refractivity contribution in [1.82, 2.24) is 5.32 Å². The summed E-state index contributed by atoms with van der Waals surface area (Å²) in [4.78, 5) is 0. The van der Waals surface area contributed by atoms with Gasteiger partial charge in [-0.3, -0.25) is 0 Å². The Labute approximate surface area is 127 Å². The lowest BCUT2D eigenvalue weighted by molar-refractivity contribution is 0.243. The molecule has 20 heavy (non-hydrogen) atoms. The summed E-state index contributed by atoms with van der Waals surface area (Å²) in [6.45, 7) is 18.8. The van der Waals surface area contributed by atoms with E-state index in [4.69, 9.17) is 0 Å². The predicted molar refractivity (Wildman–Crippen MR) is 92.6 cm³/mol. The Morgan fingerprint density at radius 1 is 1.15 bits per heavy atom. The first kappa shape index (κ1) is 19.3. The SMILES string of the molecule is C=C(C)NC(=C)CCC.CC1CCCC(C)(C)CCC1. The molecule has 0 radical (unpaired) electrons. The Balaban J connectivity index is 0.000000370. The quantitative estimate of drug-likeness (QED) is 0.625. The van der Waals surface area contributed by atoms with Gasteiger partial charge < -0.3 is 5.32 Å². The van der Waals surface area contributed by atoms with Crippen LogP contribution in [0, 0.1) is 11.3 Å². The van der Waals surface area contributed by atoms with E-state index in [1.54, 1.807) is 0 Å². The molecule has 0 amide bonds. The van der Waals surface area contributed by atoms with Crippen LogP contribution >= 0.6 is 0 Å². The minimum atomic E-state index is 0.639.